The number of sulfone groups is 1. The number of aryl methyl sites for hydroxylation is 2. The minimum absolute atomic E-state index is 0.00356. The first-order valence-corrected chi connectivity index (χ1v) is 12.3. The predicted octanol–water partition coefficient (Wildman–Crippen LogP) is 2.79. The van der Waals surface area contributed by atoms with Crippen LogP contribution < -0.4 is 9.54 Å². The molecule has 1 amide bonds. The monoisotopic (exact) mass is 476 g/mol. The molecule has 0 saturated carbocycles. The van der Waals surface area contributed by atoms with Gasteiger partial charge in [-0.1, -0.05) is 11.3 Å². The van der Waals surface area contributed by atoms with E-state index in [0.717, 1.165) is 21.3 Å². The molecular formula is C22H24N2O6S2. The smallest absolute Gasteiger partial charge is 0.326 e. The van der Waals surface area contributed by atoms with Crippen LogP contribution in [0.3, 0.4) is 0 Å². The van der Waals surface area contributed by atoms with Crippen LogP contribution in [0.15, 0.2) is 46.3 Å². The Balaban J connectivity index is 2.00. The fourth-order valence-electron chi connectivity index (χ4n) is 3.06. The molecule has 3 aromatic rings. The van der Waals surface area contributed by atoms with E-state index in [0.29, 0.717) is 5.75 Å². The van der Waals surface area contributed by atoms with Crippen molar-refractivity contribution in [2.75, 3.05) is 19.5 Å². The van der Waals surface area contributed by atoms with E-state index in [1.165, 1.54) is 42.7 Å². The van der Waals surface area contributed by atoms with E-state index in [-0.39, 0.29) is 22.8 Å². The van der Waals surface area contributed by atoms with Crippen LogP contribution in [0.5, 0.6) is 5.75 Å². The number of thiazole rings is 1. The molecule has 0 unspecified atom stereocenters. The zero-order valence-electron chi connectivity index (χ0n) is 18.2. The van der Waals surface area contributed by atoms with Crippen molar-refractivity contribution in [3.8, 4) is 5.75 Å². The molecule has 0 saturated heterocycles. The summed E-state index contributed by atoms with van der Waals surface area (Å²) in [5.74, 6) is -1.56. The SMILES string of the molecule is CCOC(=O)Cn1c(=NC(=O)CS(=O)(=O)c2ccc(OC)cc2)sc2cc(C)c(C)cc21. The van der Waals surface area contributed by atoms with Crippen molar-refractivity contribution in [3.05, 3.63) is 52.3 Å². The first kappa shape index (κ1) is 23.7. The number of aromatic nitrogens is 1. The largest absolute Gasteiger partial charge is 0.497 e. The number of hydrogen-bond donors (Lipinski definition) is 0. The van der Waals surface area contributed by atoms with Crippen molar-refractivity contribution in [2.45, 2.75) is 32.2 Å². The van der Waals surface area contributed by atoms with Crippen molar-refractivity contribution >= 4 is 43.3 Å². The first-order chi connectivity index (χ1) is 15.1. The van der Waals surface area contributed by atoms with Gasteiger partial charge in [0, 0.05) is 0 Å². The van der Waals surface area contributed by atoms with Crippen LogP contribution in [-0.2, 0) is 30.7 Å². The van der Waals surface area contributed by atoms with Gasteiger partial charge in [-0.25, -0.2) is 8.42 Å². The highest BCUT2D eigenvalue weighted by atomic mass is 32.2. The molecule has 0 N–H and O–H groups in total. The lowest BCUT2D eigenvalue weighted by atomic mass is 10.1. The van der Waals surface area contributed by atoms with Gasteiger partial charge in [0.1, 0.15) is 18.0 Å². The van der Waals surface area contributed by atoms with Gasteiger partial charge in [-0.2, -0.15) is 4.99 Å². The average Bonchev–Trinajstić information content (AvgIpc) is 3.03. The maximum Gasteiger partial charge on any atom is 0.326 e. The highest BCUT2D eigenvalue weighted by molar-refractivity contribution is 7.92. The molecule has 0 radical (unpaired) electrons. The van der Waals surface area contributed by atoms with Crippen LogP contribution in [-0.4, -0.2) is 44.3 Å². The Bertz CT molecular complexity index is 1340. The quantitative estimate of drug-likeness (QED) is 0.486. The number of hydrogen-bond acceptors (Lipinski definition) is 7. The zero-order valence-corrected chi connectivity index (χ0v) is 19.9. The predicted molar refractivity (Wildman–Crippen MR) is 122 cm³/mol. The number of esters is 1. The van der Waals surface area contributed by atoms with Crippen LogP contribution in [0, 0.1) is 13.8 Å². The Morgan fingerprint density at radius 1 is 1.09 bits per heavy atom. The second kappa shape index (κ2) is 9.66. The number of carbonyl (C=O) groups excluding carboxylic acids is 2. The molecule has 170 valence electrons. The van der Waals surface area contributed by atoms with Crippen LogP contribution in [0.2, 0.25) is 0 Å². The van der Waals surface area contributed by atoms with E-state index in [1.54, 1.807) is 11.5 Å². The molecule has 1 heterocycles. The second-order valence-corrected chi connectivity index (χ2v) is 10.1. The Kier molecular flexibility index (Phi) is 7.15. The number of fused-ring (bicyclic) bond motifs is 1. The zero-order chi connectivity index (χ0) is 23.5. The van der Waals surface area contributed by atoms with E-state index in [9.17, 15) is 18.0 Å². The first-order valence-electron chi connectivity index (χ1n) is 9.85. The summed E-state index contributed by atoms with van der Waals surface area (Å²) in [6.45, 7) is 5.72. The number of ether oxygens (including phenoxy) is 2. The van der Waals surface area contributed by atoms with Gasteiger partial charge >= 0.3 is 5.97 Å². The number of methoxy groups -OCH3 is 1. The molecule has 0 fully saturated rings. The molecule has 1 aromatic heterocycles. The van der Waals surface area contributed by atoms with Crippen molar-refractivity contribution in [1.82, 2.24) is 4.57 Å². The molecule has 10 heteroatoms. The van der Waals surface area contributed by atoms with Gasteiger partial charge in [-0.3, -0.25) is 9.59 Å². The topological polar surface area (TPSA) is 104 Å². The summed E-state index contributed by atoms with van der Waals surface area (Å²) in [5, 5.41) is 0. The summed E-state index contributed by atoms with van der Waals surface area (Å²) in [6.07, 6.45) is 0. The van der Waals surface area contributed by atoms with E-state index >= 15 is 0 Å². The number of nitrogens with zero attached hydrogens (tertiary/aromatic N) is 2. The van der Waals surface area contributed by atoms with Gasteiger partial charge in [0.2, 0.25) is 0 Å². The highest BCUT2D eigenvalue weighted by Crippen LogP contribution is 2.22. The Hall–Kier alpha value is -2.98. The van der Waals surface area contributed by atoms with Gasteiger partial charge in [0.25, 0.3) is 5.91 Å². The standard InChI is InChI=1S/C22H24N2O6S2/c1-5-30-21(26)12-24-18-10-14(2)15(3)11-19(18)31-22(24)23-20(25)13-32(27,28)17-8-6-16(29-4)7-9-17/h6-11H,5,12-13H2,1-4H3. The normalized spacial score (nSPS) is 12.2. The van der Waals surface area contributed by atoms with Crippen molar-refractivity contribution in [2.24, 2.45) is 4.99 Å². The molecule has 0 bridgehead atoms. The number of amides is 1. The van der Waals surface area contributed by atoms with Crippen LogP contribution in [0.1, 0.15) is 18.1 Å². The van der Waals surface area contributed by atoms with Crippen molar-refractivity contribution < 1.29 is 27.5 Å². The fraction of sp³-hybridized carbons (Fsp3) is 0.318. The van der Waals surface area contributed by atoms with E-state index in [4.69, 9.17) is 9.47 Å². The lowest BCUT2D eigenvalue weighted by Gasteiger charge is -2.07. The summed E-state index contributed by atoms with van der Waals surface area (Å²) in [5.41, 5.74) is 2.81. The highest BCUT2D eigenvalue weighted by Gasteiger charge is 2.20. The van der Waals surface area contributed by atoms with Gasteiger partial charge < -0.3 is 14.0 Å². The van der Waals surface area contributed by atoms with E-state index < -0.39 is 27.5 Å². The third kappa shape index (κ3) is 5.25. The van der Waals surface area contributed by atoms with Gasteiger partial charge in [-0.15, -0.1) is 0 Å². The molecule has 0 aliphatic heterocycles. The van der Waals surface area contributed by atoms with Gasteiger partial charge in [-0.05, 0) is 68.3 Å². The van der Waals surface area contributed by atoms with Crippen LogP contribution >= 0.6 is 11.3 Å². The third-order valence-electron chi connectivity index (χ3n) is 4.84. The third-order valence-corrected chi connectivity index (χ3v) is 7.50. The lowest BCUT2D eigenvalue weighted by molar-refractivity contribution is -0.143. The summed E-state index contributed by atoms with van der Waals surface area (Å²) in [4.78, 5) is 29.0. The molecule has 32 heavy (non-hydrogen) atoms. The molecule has 0 aliphatic carbocycles. The minimum Gasteiger partial charge on any atom is -0.497 e. The van der Waals surface area contributed by atoms with Gasteiger partial charge in [0.15, 0.2) is 14.6 Å². The number of carbonyl (C=O) groups is 2. The molecule has 0 spiro atoms. The second-order valence-electron chi connectivity index (χ2n) is 7.12. The summed E-state index contributed by atoms with van der Waals surface area (Å²) >= 11 is 1.22. The Labute approximate surface area is 190 Å². The molecule has 0 atom stereocenters. The molecule has 2 aromatic carbocycles. The lowest BCUT2D eigenvalue weighted by Crippen LogP contribution is -2.24. The van der Waals surface area contributed by atoms with E-state index in [1.807, 2.05) is 26.0 Å². The fourth-order valence-corrected chi connectivity index (χ4v) is 5.30. The van der Waals surface area contributed by atoms with E-state index in [2.05, 4.69) is 4.99 Å². The Morgan fingerprint density at radius 3 is 2.38 bits per heavy atom. The van der Waals surface area contributed by atoms with Gasteiger partial charge in [0.05, 0.1) is 28.8 Å². The van der Waals surface area contributed by atoms with Crippen molar-refractivity contribution in [1.29, 1.82) is 0 Å². The summed E-state index contributed by atoms with van der Waals surface area (Å²) < 4.78 is 37.8. The number of benzene rings is 2. The average molecular weight is 477 g/mol. The number of rotatable bonds is 7. The summed E-state index contributed by atoms with van der Waals surface area (Å²) in [7, 11) is -2.41. The molecule has 8 nitrogen and oxygen atoms in total. The molecule has 3 rings (SSSR count). The van der Waals surface area contributed by atoms with Crippen LogP contribution in [0.4, 0.5) is 0 Å². The maximum atomic E-state index is 12.6. The molecule has 0 aliphatic rings. The van der Waals surface area contributed by atoms with Crippen molar-refractivity contribution in [3.63, 3.8) is 0 Å². The van der Waals surface area contributed by atoms with Crippen LogP contribution in [0.25, 0.3) is 10.2 Å². The molecular weight excluding hydrogens is 452 g/mol. The minimum atomic E-state index is -3.89. The summed E-state index contributed by atoms with van der Waals surface area (Å²) in [6, 6.07) is 9.66. The Morgan fingerprint density at radius 2 is 1.75 bits per heavy atom. The maximum absolute atomic E-state index is 12.6.